The van der Waals surface area contributed by atoms with Crippen LogP contribution in [0.25, 0.3) is 0 Å². The van der Waals surface area contributed by atoms with Crippen LogP contribution in [0.1, 0.15) is 0 Å². The number of alkyl halides is 3. The van der Waals surface area contributed by atoms with Gasteiger partial charge in [-0.2, -0.15) is 4.68 Å². The predicted octanol–water partition coefficient (Wildman–Crippen LogP) is 0.653. The zero-order valence-corrected chi connectivity index (χ0v) is 4.64. The number of H-pyrrole nitrogens is 1. The van der Waals surface area contributed by atoms with Crippen molar-refractivity contribution < 1.29 is 13.2 Å². The Morgan fingerprint density at radius 3 is 2.30 bits per heavy atom. The van der Waals surface area contributed by atoms with Crippen molar-refractivity contribution in [1.82, 2.24) is 9.78 Å². The molecule has 56 valence electrons. The molecule has 0 unspecified atom stereocenters. The Labute approximate surface area is 53.1 Å². The highest BCUT2D eigenvalue weighted by Crippen LogP contribution is 2.17. The summed E-state index contributed by atoms with van der Waals surface area (Å²) in [6.07, 6.45) is -3.71. The van der Waals surface area contributed by atoms with Crippen LogP contribution in [0.4, 0.5) is 13.2 Å². The SMILES string of the molecule is O=c1cc[nH]n1C(F)(F)F. The number of aromatic nitrogens is 2. The fourth-order valence-electron chi connectivity index (χ4n) is 0.519. The molecule has 1 aromatic heterocycles. The second-order valence-corrected chi connectivity index (χ2v) is 1.60. The molecular weight excluding hydrogens is 149 g/mol. The lowest BCUT2D eigenvalue weighted by atomic mass is 10.7. The van der Waals surface area contributed by atoms with Crippen molar-refractivity contribution in [3.8, 4) is 0 Å². The van der Waals surface area contributed by atoms with Crippen molar-refractivity contribution in [3.05, 3.63) is 22.6 Å². The molecule has 0 radical (unpaired) electrons. The quantitative estimate of drug-likeness (QED) is 0.582. The first-order valence-corrected chi connectivity index (χ1v) is 2.35. The van der Waals surface area contributed by atoms with Crippen molar-refractivity contribution in [2.24, 2.45) is 0 Å². The molecule has 0 amide bonds. The highest BCUT2D eigenvalue weighted by Gasteiger charge is 2.32. The normalized spacial score (nSPS) is 11.9. The second kappa shape index (κ2) is 1.89. The maximum atomic E-state index is 11.6. The van der Waals surface area contributed by atoms with E-state index in [4.69, 9.17) is 0 Å². The van der Waals surface area contributed by atoms with Gasteiger partial charge in [-0.1, -0.05) is 0 Å². The molecule has 0 aromatic carbocycles. The summed E-state index contributed by atoms with van der Waals surface area (Å²) in [5.41, 5.74) is -1.10. The van der Waals surface area contributed by atoms with Crippen molar-refractivity contribution >= 4 is 0 Å². The third-order valence-electron chi connectivity index (χ3n) is 0.903. The summed E-state index contributed by atoms with van der Waals surface area (Å²) in [5.74, 6) is 0. The molecule has 0 bridgehead atoms. The number of hydrogen-bond acceptors (Lipinski definition) is 1. The van der Waals surface area contributed by atoms with E-state index < -0.39 is 16.5 Å². The maximum Gasteiger partial charge on any atom is 0.505 e. The van der Waals surface area contributed by atoms with Crippen molar-refractivity contribution in [3.63, 3.8) is 0 Å². The molecule has 1 rings (SSSR count). The van der Waals surface area contributed by atoms with Gasteiger partial charge in [0, 0.05) is 12.3 Å². The summed E-state index contributed by atoms with van der Waals surface area (Å²) in [7, 11) is 0. The van der Waals surface area contributed by atoms with Gasteiger partial charge >= 0.3 is 6.30 Å². The molecule has 3 nitrogen and oxygen atoms in total. The molecule has 0 saturated heterocycles. The molecule has 1 heterocycles. The topological polar surface area (TPSA) is 37.8 Å². The standard InChI is InChI=1S/C4H3F3N2O/c5-4(6,7)9-3(10)1-2-8-9/h1-2,8H. The van der Waals surface area contributed by atoms with E-state index in [0.29, 0.717) is 0 Å². The Morgan fingerprint density at radius 1 is 1.50 bits per heavy atom. The molecule has 1 N–H and O–H groups in total. The molecule has 6 heteroatoms. The molecule has 0 saturated carbocycles. The third-order valence-corrected chi connectivity index (χ3v) is 0.903. The number of halogens is 3. The first-order valence-electron chi connectivity index (χ1n) is 2.35. The summed E-state index contributed by atoms with van der Waals surface area (Å²) >= 11 is 0. The van der Waals surface area contributed by atoms with E-state index in [1.807, 2.05) is 0 Å². The lowest BCUT2D eigenvalue weighted by Gasteiger charge is -2.03. The van der Waals surface area contributed by atoms with E-state index in [9.17, 15) is 18.0 Å². The average Bonchev–Trinajstić information content (AvgIpc) is 2.11. The number of hydrogen-bond donors (Lipinski definition) is 1. The minimum Gasteiger partial charge on any atom is -0.296 e. The molecular formula is C4H3F3N2O. The Hall–Kier alpha value is -1.20. The van der Waals surface area contributed by atoms with Gasteiger partial charge in [-0.05, 0) is 0 Å². The van der Waals surface area contributed by atoms with E-state index in [2.05, 4.69) is 0 Å². The predicted molar refractivity (Wildman–Crippen MR) is 26.4 cm³/mol. The van der Waals surface area contributed by atoms with Gasteiger partial charge in [0.15, 0.2) is 0 Å². The molecule has 0 atom stereocenters. The first-order chi connectivity index (χ1) is 4.52. The minimum absolute atomic E-state index is 0.410. The largest absolute Gasteiger partial charge is 0.505 e. The zero-order chi connectivity index (χ0) is 7.78. The molecule has 10 heavy (non-hydrogen) atoms. The van der Waals surface area contributed by atoms with E-state index in [1.54, 1.807) is 5.10 Å². The van der Waals surface area contributed by atoms with Crippen LogP contribution >= 0.6 is 0 Å². The second-order valence-electron chi connectivity index (χ2n) is 1.60. The van der Waals surface area contributed by atoms with Gasteiger partial charge in [0.2, 0.25) is 0 Å². The maximum absolute atomic E-state index is 11.6. The number of nitrogens with zero attached hydrogens (tertiary/aromatic N) is 1. The summed E-state index contributed by atoms with van der Waals surface area (Å²) in [6, 6.07) is 0.799. The number of nitrogens with one attached hydrogen (secondary N) is 1. The molecule has 0 spiro atoms. The van der Waals surface area contributed by atoms with Crippen molar-refractivity contribution in [2.45, 2.75) is 6.30 Å². The Bertz CT molecular complexity index is 271. The van der Waals surface area contributed by atoms with E-state index in [1.165, 1.54) is 0 Å². The summed E-state index contributed by atoms with van der Waals surface area (Å²) < 4.78 is 34.4. The summed E-state index contributed by atoms with van der Waals surface area (Å²) in [4.78, 5) is 10.3. The highest BCUT2D eigenvalue weighted by molar-refractivity contribution is 4.80. The van der Waals surface area contributed by atoms with Crippen LogP contribution < -0.4 is 5.56 Å². The van der Waals surface area contributed by atoms with Crippen molar-refractivity contribution in [1.29, 1.82) is 0 Å². The van der Waals surface area contributed by atoms with E-state index >= 15 is 0 Å². The highest BCUT2D eigenvalue weighted by atomic mass is 19.4. The smallest absolute Gasteiger partial charge is 0.296 e. The van der Waals surface area contributed by atoms with Crippen LogP contribution in [0.5, 0.6) is 0 Å². The van der Waals surface area contributed by atoms with E-state index in [0.717, 1.165) is 12.3 Å². The number of aromatic amines is 1. The van der Waals surface area contributed by atoms with Gasteiger partial charge in [-0.25, -0.2) is 0 Å². The Morgan fingerprint density at radius 2 is 2.10 bits per heavy atom. The van der Waals surface area contributed by atoms with Gasteiger partial charge in [-0.3, -0.25) is 9.89 Å². The summed E-state index contributed by atoms with van der Waals surface area (Å²) in [6.45, 7) is 0. The minimum atomic E-state index is -4.64. The van der Waals surface area contributed by atoms with Crippen LogP contribution in [0.3, 0.4) is 0 Å². The van der Waals surface area contributed by atoms with Crippen LogP contribution in [-0.2, 0) is 6.30 Å². The lowest BCUT2D eigenvalue weighted by molar-refractivity contribution is -0.214. The fourth-order valence-corrected chi connectivity index (χ4v) is 0.519. The van der Waals surface area contributed by atoms with Gasteiger partial charge in [-0.15, -0.1) is 13.2 Å². The van der Waals surface area contributed by atoms with Gasteiger partial charge in [0.25, 0.3) is 5.56 Å². The van der Waals surface area contributed by atoms with Crippen LogP contribution in [0.15, 0.2) is 17.1 Å². The monoisotopic (exact) mass is 152 g/mol. The van der Waals surface area contributed by atoms with Gasteiger partial charge in [0.1, 0.15) is 0 Å². The fraction of sp³-hybridized carbons (Fsp3) is 0.250. The molecule has 0 aliphatic rings. The third kappa shape index (κ3) is 1.04. The first kappa shape index (κ1) is 6.91. The van der Waals surface area contributed by atoms with Crippen LogP contribution in [0, 0.1) is 0 Å². The summed E-state index contributed by atoms with van der Waals surface area (Å²) in [5, 5.41) is 1.72. The van der Waals surface area contributed by atoms with Gasteiger partial charge < -0.3 is 0 Å². The van der Waals surface area contributed by atoms with Crippen LogP contribution in [0.2, 0.25) is 0 Å². The Kier molecular flexibility index (Phi) is 1.31. The molecule has 0 fully saturated rings. The molecule has 1 aromatic rings. The number of rotatable bonds is 0. The van der Waals surface area contributed by atoms with Crippen LogP contribution in [-0.4, -0.2) is 9.78 Å². The molecule has 0 aliphatic heterocycles. The van der Waals surface area contributed by atoms with Gasteiger partial charge in [0.05, 0.1) is 0 Å². The Balaban J connectivity index is 3.18. The lowest BCUT2D eigenvalue weighted by Crippen LogP contribution is -2.28. The average molecular weight is 152 g/mol. The molecule has 0 aliphatic carbocycles. The van der Waals surface area contributed by atoms with Crippen molar-refractivity contribution in [2.75, 3.05) is 0 Å². The van der Waals surface area contributed by atoms with E-state index in [-0.39, 0.29) is 0 Å². The zero-order valence-electron chi connectivity index (χ0n) is 4.64.